The smallest absolute Gasteiger partial charge is 0.255 e. The molecule has 0 saturated carbocycles. The van der Waals surface area contributed by atoms with Crippen LogP contribution in [0.15, 0.2) is 96.4 Å². The van der Waals surface area contributed by atoms with Gasteiger partial charge in [0.25, 0.3) is 5.91 Å². The first-order valence-electron chi connectivity index (χ1n) is 11.5. The number of hydrogen-bond acceptors (Lipinski definition) is 6. The Labute approximate surface area is 214 Å². The van der Waals surface area contributed by atoms with Crippen molar-refractivity contribution in [3.05, 3.63) is 113 Å². The van der Waals surface area contributed by atoms with Gasteiger partial charge in [0.2, 0.25) is 5.95 Å². The molecule has 5 aromatic rings. The fourth-order valence-corrected chi connectivity index (χ4v) is 4.40. The number of carbonyl (C=O) groups excluding carboxylic acids is 1. The minimum atomic E-state index is -0.151. The Balaban J connectivity index is 1.22. The van der Waals surface area contributed by atoms with Crippen LogP contribution in [-0.2, 0) is 0 Å². The molecule has 5 rings (SSSR count). The van der Waals surface area contributed by atoms with E-state index in [0.717, 1.165) is 22.6 Å². The zero-order valence-electron chi connectivity index (χ0n) is 19.9. The minimum Gasteiger partial charge on any atom is -0.340 e. The molecule has 1 amide bonds. The Morgan fingerprint density at radius 1 is 0.750 bits per heavy atom. The molecule has 0 atom stereocenters. The molecule has 36 heavy (non-hydrogen) atoms. The Morgan fingerprint density at radius 3 is 2.11 bits per heavy atom. The Kier molecular flexibility index (Phi) is 6.73. The predicted octanol–water partition coefficient (Wildman–Crippen LogP) is 7.56. The van der Waals surface area contributed by atoms with Gasteiger partial charge in [-0.05, 0) is 79.4 Å². The number of carbonyl (C=O) groups is 1. The SMILES string of the molecule is Cc1ccc(Nc2cc(C)nc(Nc3ccc(NC(=O)c4ccc(-c5cccs5)cc4)cc3)n2)cc1. The van der Waals surface area contributed by atoms with Crippen LogP contribution >= 0.6 is 11.3 Å². The summed E-state index contributed by atoms with van der Waals surface area (Å²) in [5, 5.41) is 11.5. The zero-order chi connectivity index (χ0) is 24.9. The van der Waals surface area contributed by atoms with E-state index in [9.17, 15) is 4.79 Å². The van der Waals surface area contributed by atoms with E-state index in [1.165, 1.54) is 10.4 Å². The van der Waals surface area contributed by atoms with Crippen LogP contribution in [-0.4, -0.2) is 15.9 Å². The summed E-state index contributed by atoms with van der Waals surface area (Å²) in [6.07, 6.45) is 0. The van der Waals surface area contributed by atoms with Crippen LogP contribution in [0, 0.1) is 13.8 Å². The van der Waals surface area contributed by atoms with Crippen molar-refractivity contribution in [3.63, 3.8) is 0 Å². The van der Waals surface area contributed by atoms with Crippen LogP contribution in [0.2, 0.25) is 0 Å². The molecule has 3 aromatic carbocycles. The summed E-state index contributed by atoms with van der Waals surface area (Å²) in [5.74, 6) is 1.05. The lowest BCUT2D eigenvalue weighted by Crippen LogP contribution is -2.11. The number of thiophene rings is 1. The summed E-state index contributed by atoms with van der Waals surface area (Å²) in [6.45, 7) is 3.99. The van der Waals surface area contributed by atoms with E-state index in [1.807, 2.05) is 85.1 Å². The van der Waals surface area contributed by atoms with Crippen molar-refractivity contribution in [1.82, 2.24) is 9.97 Å². The van der Waals surface area contributed by atoms with Gasteiger partial charge in [0.05, 0.1) is 0 Å². The lowest BCUT2D eigenvalue weighted by molar-refractivity contribution is 0.102. The molecule has 7 heteroatoms. The fraction of sp³-hybridized carbons (Fsp3) is 0.0690. The van der Waals surface area contributed by atoms with Crippen molar-refractivity contribution in [1.29, 1.82) is 0 Å². The molecule has 0 aliphatic carbocycles. The number of rotatable bonds is 7. The summed E-state index contributed by atoms with van der Waals surface area (Å²) in [5.41, 5.74) is 6.25. The average Bonchev–Trinajstić information content (AvgIpc) is 3.42. The van der Waals surface area contributed by atoms with Gasteiger partial charge in [-0.1, -0.05) is 35.9 Å². The van der Waals surface area contributed by atoms with Crippen LogP contribution in [0.5, 0.6) is 0 Å². The first kappa shape index (κ1) is 23.3. The van der Waals surface area contributed by atoms with Crippen LogP contribution in [0.4, 0.5) is 28.8 Å². The zero-order valence-corrected chi connectivity index (χ0v) is 20.8. The number of anilines is 5. The molecule has 3 N–H and O–H groups in total. The quantitative estimate of drug-likeness (QED) is 0.219. The second kappa shape index (κ2) is 10.4. The summed E-state index contributed by atoms with van der Waals surface area (Å²) in [7, 11) is 0. The summed E-state index contributed by atoms with van der Waals surface area (Å²) in [6, 6.07) is 29.2. The standard InChI is InChI=1S/C29H25N5OS/c1-19-5-11-23(12-6-19)31-27-18-20(2)30-29(34-27)33-25-15-13-24(14-16-25)32-28(35)22-9-7-21(8-10-22)26-4-3-17-36-26/h3-18H,1-2H3,(H,32,35)(H2,30,31,33,34). The molecule has 0 radical (unpaired) electrons. The molecule has 2 heterocycles. The Morgan fingerprint density at radius 2 is 1.42 bits per heavy atom. The fourth-order valence-electron chi connectivity index (χ4n) is 3.67. The van der Waals surface area contributed by atoms with Crippen molar-refractivity contribution in [2.24, 2.45) is 0 Å². The number of aryl methyl sites for hydroxylation is 2. The number of benzene rings is 3. The predicted molar refractivity (Wildman–Crippen MR) is 149 cm³/mol. The van der Waals surface area contributed by atoms with Gasteiger partial charge in [-0.3, -0.25) is 4.79 Å². The van der Waals surface area contributed by atoms with Crippen LogP contribution in [0.1, 0.15) is 21.6 Å². The Bertz CT molecular complexity index is 1460. The minimum absolute atomic E-state index is 0.151. The maximum Gasteiger partial charge on any atom is 0.255 e. The number of amides is 1. The number of nitrogens with one attached hydrogen (secondary N) is 3. The highest BCUT2D eigenvalue weighted by molar-refractivity contribution is 7.13. The number of hydrogen-bond donors (Lipinski definition) is 3. The maximum atomic E-state index is 12.7. The highest BCUT2D eigenvalue weighted by Gasteiger charge is 2.08. The van der Waals surface area contributed by atoms with E-state index >= 15 is 0 Å². The van der Waals surface area contributed by atoms with Gasteiger partial charge >= 0.3 is 0 Å². The molecule has 0 bridgehead atoms. The van der Waals surface area contributed by atoms with Crippen molar-refractivity contribution in [3.8, 4) is 10.4 Å². The van der Waals surface area contributed by atoms with Gasteiger partial charge in [-0.2, -0.15) is 4.98 Å². The number of aromatic nitrogens is 2. The van der Waals surface area contributed by atoms with E-state index < -0.39 is 0 Å². The molecular weight excluding hydrogens is 466 g/mol. The van der Waals surface area contributed by atoms with Crippen molar-refractivity contribution >= 4 is 46.1 Å². The van der Waals surface area contributed by atoms with Crippen LogP contribution in [0.3, 0.4) is 0 Å². The van der Waals surface area contributed by atoms with E-state index in [0.29, 0.717) is 23.0 Å². The lowest BCUT2D eigenvalue weighted by atomic mass is 10.1. The normalized spacial score (nSPS) is 10.6. The second-order valence-corrected chi connectivity index (χ2v) is 9.37. The van der Waals surface area contributed by atoms with E-state index in [-0.39, 0.29) is 5.91 Å². The first-order chi connectivity index (χ1) is 17.5. The first-order valence-corrected chi connectivity index (χ1v) is 12.4. The Hall–Kier alpha value is -4.49. The number of nitrogens with zero attached hydrogens (tertiary/aromatic N) is 2. The molecule has 0 aliphatic rings. The van der Waals surface area contributed by atoms with E-state index in [1.54, 1.807) is 11.3 Å². The third-order valence-electron chi connectivity index (χ3n) is 5.53. The molecule has 2 aromatic heterocycles. The van der Waals surface area contributed by atoms with E-state index in [4.69, 9.17) is 0 Å². The molecule has 0 saturated heterocycles. The molecule has 6 nitrogen and oxygen atoms in total. The third-order valence-corrected chi connectivity index (χ3v) is 6.45. The van der Waals surface area contributed by atoms with Crippen LogP contribution < -0.4 is 16.0 Å². The molecular formula is C29H25N5OS. The largest absolute Gasteiger partial charge is 0.340 e. The topological polar surface area (TPSA) is 78.9 Å². The monoisotopic (exact) mass is 491 g/mol. The second-order valence-electron chi connectivity index (χ2n) is 8.42. The van der Waals surface area contributed by atoms with Crippen molar-refractivity contribution in [2.45, 2.75) is 13.8 Å². The van der Waals surface area contributed by atoms with Gasteiger partial charge in [0.1, 0.15) is 5.82 Å². The molecule has 0 aliphatic heterocycles. The highest BCUT2D eigenvalue weighted by atomic mass is 32.1. The molecule has 0 spiro atoms. The molecule has 0 fully saturated rings. The van der Waals surface area contributed by atoms with Gasteiger partial charge < -0.3 is 16.0 Å². The molecule has 0 unspecified atom stereocenters. The summed E-state index contributed by atoms with van der Waals surface area (Å²) in [4.78, 5) is 22.9. The highest BCUT2D eigenvalue weighted by Crippen LogP contribution is 2.25. The van der Waals surface area contributed by atoms with Gasteiger partial charge in [-0.25, -0.2) is 4.98 Å². The van der Waals surface area contributed by atoms with Crippen LogP contribution in [0.25, 0.3) is 10.4 Å². The maximum absolute atomic E-state index is 12.7. The van der Waals surface area contributed by atoms with E-state index in [2.05, 4.69) is 51.0 Å². The van der Waals surface area contributed by atoms with Gasteiger partial charge in [0, 0.05) is 39.3 Å². The summed E-state index contributed by atoms with van der Waals surface area (Å²) < 4.78 is 0. The van der Waals surface area contributed by atoms with Crippen molar-refractivity contribution < 1.29 is 4.79 Å². The third kappa shape index (κ3) is 5.76. The average molecular weight is 492 g/mol. The van der Waals surface area contributed by atoms with Gasteiger partial charge in [0.15, 0.2) is 0 Å². The summed E-state index contributed by atoms with van der Waals surface area (Å²) >= 11 is 1.68. The molecule has 178 valence electrons. The lowest BCUT2D eigenvalue weighted by Gasteiger charge is -2.11. The van der Waals surface area contributed by atoms with Crippen molar-refractivity contribution in [2.75, 3.05) is 16.0 Å². The van der Waals surface area contributed by atoms with Gasteiger partial charge in [-0.15, -0.1) is 11.3 Å².